The first kappa shape index (κ1) is 31.9. The van der Waals surface area contributed by atoms with E-state index in [2.05, 4.69) is 67.8 Å². The van der Waals surface area contributed by atoms with Crippen molar-refractivity contribution in [3.8, 4) is 0 Å². The molecule has 0 aromatic heterocycles. The van der Waals surface area contributed by atoms with E-state index in [0.717, 1.165) is 54.3 Å². The zero-order valence-electron chi connectivity index (χ0n) is 27.0. The van der Waals surface area contributed by atoms with Gasteiger partial charge in [-0.3, -0.25) is 4.79 Å². The number of carbonyl (C=O) groups is 1. The topological polar surface area (TPSA) is 78.9 Å². The lowest BCUT2D eigenvalue weighted by atomic mass is 9.81. The summed E-state index contributed by atoms with van der Waals surface area (Å²) in [5.74, 6) is -2.01. The van der Waals surface area contributed by atoms with Gasteiger partial charge in [0.1, 0.15) is 0 Å². The highest BCUT2D eigenvalue weighted by atomic mass is 16.7. The van der Waals surface area contributed by atoms with Crippen molar-refractivity contribution in [2.75, 3.05) is 70.7 Å². The van der Waals surface area contributed by atoms with E-state index in [4.69, 9.17) is 28.4 Å². The predicted octanol–water partition coefficient (Wildman–Crippen LogP) is 5.46. The Hall–Kier alpha value is -3.05. The predicted molar refractivity (Wildman–Crippen MR) is 172 cm³/mol. The molecular weight excluding hydrogens is 572 g/mol. The Kier molecular flexibility index (Phi) is 9.75. The first-order valence-corrected chi connectivity index (χ1v) is 16.4. The molecule has 0 atom stereocenters. The van der Waals surface area contributed by atoms with Crippen LogP contribution in [0, 0.1) is 0 Å². The largest absolute Gasteiger partial charge is 0.372 e. The smallest absolute Gasteiger partial charge is 0.215 e. The minimum atomic E-state index is -1.06. The van der Waals surface area contributed by atoms with Crippen LogP contribution in [0.15, 0.2) is 71.0 Å². The molecule has 3 saturated heterocycles. The van der Waals surface area contributed by atoms with Crippen molar-refractivity contribution in [1.82, 2.24) is 4.90 Å². The highest BCUT2D eigenvalue weighted by Gasteiger charge is 2.46. The number of allylic oxidation sites excluding steroid dienone is 3. The Morgan fingerprint density at radius 1 is 0.800 bits per heavy atom. The minimum absolute atomic E-state index is 0.0391. The first-order valence-electron chi connectivity index (χ1n) is 16.4. The van der Waals surface area contributed by atoms with E-state index in [1.807, 2.05) is 24.3 Å². The molecule has 2 aliphatic carbocycles. The maximum Gasteiger partial charge on any atom is 0.215 e. The number of anilines is 1. The van der Waals surface area contributed by atoms with Gasteiger partial charge in [0.25, 0.3) is 0 Å². The van der Waals surface area contributed by atoms with Crippen molar-refractivity contribution in [1.29, 1.82) is 0 Å². The van der Waals surface area contributed by atoms with E-state index >= 15 is 0 Å². The molecule has 0 bridgehead atoms. The summed E-state index contributed by atoms with van der Waals surface area (Å²) in [6.45, 7) is 15.0. The molecule has 3 heterocycles. The van der Waals surface area contributed by atoms with Gasteiger partial charge in [0, 0.05) is 72.7 Å². The Morgan fingerprint density at radius 2 is 1.42 bits per heavy atom. The molecule has 45 heavy (non-hydrogen) atoms. The fraction of sp³-hybridized carbons (Fsp3) is 0.528. The lowest BCUT2D eigenvalue weighted by Crippen LogP contribution is -2.38. The van der Waals surface area contributed by atoms with E-state index in [1.54, 1.807) is 0 Å². The quantitative estimate of drug-likeness (QED) is 0.336. The van der Waals surface area contributed by atoms with Gasteiger partial charge in [0.05, 0.1) is 39.6 Å². The highest BCUT2D eigenvalue weighted by molar-refractivity contribution is 6.12. The van der Waals surface area contributed by atoms with Gasteiger partial charge in [0.2, 0.25) is 5.79 Å². The van der Waals surface area contributed by atoms with Crippen LogP contribution in [-0.2, 0) is 33.2 Å². The van der Waals surface area contributed by atoms with Gasteiger partial charge in [-0.05, 0) is 75.8 Å². The number of nitrogens with zero attached hydrogens (tertiary/aromatic N) is 2. The Balaban J connectivity index is 1.45. The van der Waals surface area contributed by atoms with Gasteiger partial charge in [0.15, 0.2) is 17.9 Å². The molecule has 9 heteroatoms. The number of ketones is 1. The summed E-state index contributed by atoms with van der Waals surface area (Å²) in [5.41, 5.74) is 5.92. The molecule has 2 spiro atoms. The standard InChI is InChI=1S/C36H46N2O7/c1-5-37(6-2)30-10-9-13-36(44-18-19-45-36)29(23-30)21-28-25-35(42-16-17-43-35)24-27(33(28)39)20-26-22-31(38(7-3)8-4)11-12-32(26)34-40-14-15-41-34/h9-13,20-23,34H,5-8,14-19,24-25H2,1-4H3/b27-20+,28-21+. The van der Waals surface area contributed by atoms with Crippen LogP contribution in [0.25, 0.3) is 6.08 Å². The van der Waals surface area contributed by atoms with Gasteiger partial charge in [-0.1, -0.05) is 12.1 Å². The number of rotatable bonds is 9. The fourth-order valence-corrected chi connectivity index (χ4v) is 6.84. The fourth-order valence-electron chi connectivity index (χ4n) is 6.84. The van der Waals surface area contributed by atoms with Crippen molar-refractivity contribution in [3.05, 3.63) is 82.1 Å². The number of hydrogen-bond donors (Lipinski definition) is 0. The molecule has 4 fully saturated rings. The number of benzene rings is 1. The summed E-state index contributed by atoms with van der Waals surface area (Å²) in [5, 5.41) is 0. The van der Waals surface area contributed by atoms with Crippen LogP contribution in [0.5, 0.6) is 0 Å². The average molecular weight is 619 g/mol. The molecule has 5 aliphatic rings. The summed E-state index contributed by atoms with van der Waals surface area (Å²) in [6.07, 6.45) is 12.2. The molecule has 1 saturated carbocycles. The van der Waals surface area contributed by atoms with Gasteiger partial charge in [-0.15, -0.1) is 0 Å². The number of Topliss-reactive ketones (excluding diaryl/α,β-unsaturated/α-hetero) is 1. The second kappa shape index (κ2) is 13.7. The first-order chi connectivity index (χ1) is 21.9. The third-order valence-electron chi connectivity index (χ3n) is 9.18. The Labute approximate surface area is 266 Å². The molecule has 0 unspecified atom stereocenters. The van der Waals surface area contributed by atoms with Crippen molar-refractivity contribution < 1.29 is 33.2 Å². The summed E-state index contributed by atoms with van der Waals surface area (Å²) in [7, 11) is 0. The lowest BCUT2D eigenvalue weighted by Gasteiger charge is -2.34. The highest BCUT2D eigenvalue weighted by Crippen LogP contribution is 2.43. The number of hydrogen-bond acceptors (Lipinski definition) is 9. The van der Waals surface area contributed by atoms with Crippen LogP contribution < -0.4 is 4.90 Å². The van der Waals surface area contributed by atoms with E-state index in [-0.39, 0.29) is 5.78 Å². The van der Waals surface area contributed by atoms with Crippen molar-refractivity contribution >= 4 is 17.5 Å². The van der Waals surface area contributed by atoms with Gasteiger partial charge < -0.3 is 38.2 Å². The molecule has 1 aromatic rings. The Bertz CT molecular complexity index is 1400. The number of likely N-dealkylation sites (N-methyl/N-ethyl adjacent to an activating group) is 1. The zero-order chi connectivity index (χ0) is 31.4. The second-order valence-corrected chi connectivity index (χ2v) is 11.8. The van der Waals surface area contributed by atoms with Crippen LogP contribution in [0.3, 0.4) is 0 Å². The van der Waals surface area contributed by atoms with Crippen LogP contribution in [0.4, 0.5) is 5.69 Å². The minimum Gasteiger partial charge on any atom is -0.372 e. The summed E-state index contributed by atoms with van der Waals surface area (Å²) < 4.78 is 36.8. The van der Waals surface area contributed by atoms with Crippen LogP contribution >= 0.6 is 0 Å². The maximum absolute atomic E-state index is 14.5. The average Bonchev–Trinajstić information content (AvgIpc) is 3.82. The number of carbonyl (C=O) groups excluding carboxylic acids is 1. The summed E-state index contributed by atoms with van der Waals surface area (Å²) >= 11 is 0. The SMILES string of the molecule is CCN(CC)C1=CC=CC2(OCCO2)C(/C=C2\CC3(C/C(=C\c4cc(N(CC)CC)ccc4C4OCCO4)C2=O)OCCO3)=C1. The normalized spacial score (nSPS) is 24.6. The maximum atomic E-state index is 14.5. The molecule has 6 rings (SSSR count). The lowest BCUT2D eigenvalue weighted by molar-refractivity contribution is -0.162. The number of ether oxygens (including phenoxy) is 6. The van der Waals surface area contributed by atoms with Crippen LogP contribution in [-0.4, -0.2) is 88.1 Å². The molecule has 9 nitrogen and oxygen atoms in total. The van der Waals surface area contributed by atoms with Crippen LogP contribution in [0.2, 0.25) is 0 Å². The molecule has 0 N–H and O–H groups in total. The van der Waals surface area contributed by atoms with E-state index in [1.165, 1.54) is 0 Å². The van der Waals surface area contributed by atoms with Crippen molar-refractivity contribution in [2.45, 2.75) is 58.4 Å². The van der Waals surface area contributed by atoms with Crippen LogP contribution in [0.1, 0.15) is 58.0 Å². The molecular formula is C36H46N2O7. The molecule has 3 aliphatic heterocycles. The zero-order valence-corrected chi connectivity index (χ0v) is 27.0. The van der Waals surface area contributed by atoms with E-state index in [9.17, 15) is 4.79 Å². The molecule has 242 valence electrons. The Morgan fingerprint density at radius 3 is 2.07 bits per heavy atom. The van der Waals surface area contributed by atoms with E-state index < -0.39 is 17.9 Å². The third kappa shape index (κ3) is 6.48. The van der Waals surface area contributed by atoms with Gasteiger partial charge >= 0.3 is 0 Å². The molecule has 0 radical (unpaired) electrons. The van der Waals surface area contributed by atoms with Crippen molar-refractivity contribution in [2.24, 2.45) is 0 Å². The monoisotopic (exact) mass is 618 g/mol. The van der Waals surface area contributed by atoms with Gasteiger partial charge in [-0.25, -0.2) is 0 Å². The molecule has 1 aromatic carbocycles. The van der Waals surface area contributed by atoms with Gasteiger partial charge in [-0.2, -0.15) is 0 Å². The summed E-state index contributed by atoms with van der Waals surface area (Å²) in [4.78, 5) is 19.0. The van der Waals surface area contributed by atoms with Crippen molar-refractivity contribution in [3.63, 3.8) is 0 Å². The summed E-state index contributed by atoms with van der Waals surface area (Å²) in [6, 6.07) is 6.28. The second-order valence-electron chi connectivity index (χ2n) is 11.8. The third-order valence-corrected chi connectivity index (χ3v) is 9.18. The van der Waals surface area contributed by atoms with E-state index in [0.29, 0.717) is 63.6 Å². The molecule has 0 amide bonds.